The van der Waals surface area contributed by atoms with Crippen LogP contribution < -0.4 is 10.2 Å². The number of hydrogen-bond acceptors (Lipinski definition) is 3. The van der Waals surface area contributed by atoms with Crippen LogP contribution in [0.4, 0.5) is 5.82 Å². The van der Waals surface area contributed by atoms with Crippen LogP contribution in [-0.4, -0.2) is 31.2 Å². The van der Waals surface area contributed by atoms with Gasteiger partial charge in [0.15, 0.2) is 0 Å². The lowest BCUT2D eigenvalue weighted by Crippen LogP contribution is -2.41. The number of pyridine rings is 1. The molecule has 0 amide bonds. The van der Waals surface area contributed by atoms with Gasteiger partial charge in [-0.1, -0.05) is 11.6 Å². The molecule has 1 aliphatic heterocycles. The van der Waals surface area contributed by atoms with Gasteiger partial charge >= 0.3 is 0 Å². The Balaban J connectivity index is 2.16. The summed E-state index contributed by atoms with van der Waals surface area (Å²) in [4.78, 5) is 6.86. The molecule has 0 saturated carbocycles. The molecule has 1 fully saturated rings. The van der Waals surface area contributed by atoms with Gasteiger partial charge in [0, 0.05) is 23.3 Å². The van der Waals surface area contributed by atoms with E-state index in [1.807, 2.05) is 19.3 Å². The molecule has 1 aromatic heterocycles. The van der Waals surface area contributed by atoms with Gasteiger partial charge in [0.05, 0.1) is 5.02 Å². The molecule has 0 aromatic carbocycles. The Hall–Kier alpha value is -0.320. The predicted octanol–water partition coefficient (Wildman–Crippen LogP) is 3.47. The summed E-state index contributed by atoms with van der Waals surface area (Å²) in [6.07, 6.45) is 6.73. The molecule has 1 N–H and O–H groups in total. The summed E-state index contributed by atoms with van der Waals surface area (Å²) < 4.78 is 0.931. The van der Waals surface area contributed by atoms with Gasteiger partial charge in [0.25, 0.3) is 0 Å². The lowest BCUT2D eigenvalue weighted by Gasteiger charge is -2.37. The third-order valence-electron chi connectivity index (χ3n) is 3.42. The van der Waals surface area contributed by atoms with Gasteiger partial charge in [0.2, 0.25) is 0 Å². The minimum absolute atomic E-state index is 0.553. The van der Waals surface area contributed by atoms with Crippen LogP contribution >= 0.6 is 27.5 Å². The second-order valence-electron chi connectivity index (χ2n) is 4.69. The molecular formula is C13H19BrClN3. The highest BCUT2D eigenvalue weighted by Gasteiger charge is 2.24. The quantitative estimate of drug-likeness (QED) is 0.915. The molecular weight excluding hydrogens is 314 g/mol. The molecule has 0 spiro atoms. The van der Waals surface area contributed by atoms with Crippen LogP contribution in [0.15, 0.2) is 16.7 Å². The molecule has 3 nitrogen and oxygen atoms in total. The molecule has 2 rings (SSSR count). The van der Waals surface area contributed by atoms with Crippen LogP contribution in [0.5, 0.6) is 0 Å². The molecule has 0 aliphatic carbocycles. The van der Waals surface area contributed by atoms with Crippen molar-refractivity contribution in [1.82, 2.24) is 10.3 Å². The van der Waals surface area contributed by atoms with Gasteiger partial charge in [-0.15, -0.1) is 0 Å². The lowest BCUT2D eigenvalue weighted by atomic mass is 9.99. The number of anilines is 1. The monoisotopic (exact) mass is 331 g/mol. The van der Waals surface area contributed by atoms with Gasteiger partial charge in [-0.3, -0.25) is 0 Å². The topological polar surface area (TPSA) is 28.2 Å². The fourth-order valence-electron chi connectivity index (χ4n) is 2.51. The summed E-state index contributed by atoms with van der Waals surface area (Å²) in [5.74, 6) is 0.931. The van der Waals surface area contributed by atoms with Crippen molar-refractivity contribution in [3.8, 4) is 0 Å². The lowest BCUT2D eigenvalue weighted by molar-refractivity contribution is 0.430. The zero-order valence-electron chi connectivity index (χ0n) is 10.6. The first-order valence-corrected chi connectivity index (χ1v) is 7.61. The average molecular weight is 333 g/mol. The van der Waals surface area contributed by atoms with Crippen molar-refractivity contribution in [3.63, 3.8) is 0 Å². The van der Waals surface area contributed by atoms with E-state index in [0.717, 1.165) is 34.8 Å². The van der Waals surface area contributed by atoms with E-state index in [4.69, 9.17) is 11.6 Å². The fraction of sp³-hybridized carbons (Fsp3) is 0.615. The standard InChI is InChI=1S/C13H19BrClN3/c1-16-6-5-11-4-2-3-7-18(11)13-12(15)8-10(14)9-17-13/h8-9,11,16H,2-7H2,1H3. The number of halogens is 2. The minimum Gasteiger partial charge on any atom is -0.352 e. The molecule has 1 unspecified atom stereocenters. The van der Waals surface area contributed by atoms with Crippen molar-refractivity contribution < 1.29 is 0 Å². The summed E-state index contributed by atoms with van der Waals surface area (Å²) in [6, 6.07) is 2.48. The van der Waals surface area contributed by atoms with E-state index in [0.29, 0.717) is 6.04 Å². The van der Waals surface area contributed by atoms with Crippen LogP contribution in [-0.2, 0) is 0 Å². The third kappa shape index (κ3) is 3.37. The molecule has 1 aromatic rings. The Morgan fingerprint density at radius 2 is 2.39 bits per heavy atom. The van der Waals surface area contributed by atoms with Gasteiger partial charge in [-0.2, -0.15) is 0 Å². The van der Waals surface area contributed by atoms with Gasteiger partial charge < -0.3 is 10.2 Å². The average Bonchev–Trinajstić information content (AvgIpc) is 2.37. The number of rotatable bonds is 4. The summed E-state index contributed by atoms with van der Waals surface area (Å²) in [7, 11) is 2.00. The van der Waals surface area contributed by atoms with E-state index in [-0.39, 0.29) is 0 Å². The maximum absolute atomic E-state index is 6.31. The predicted molar refractivity (Wildman–Crippen MR) is 80.5 cm³/mol. The highest BCUT2D eigenvalue weighted by Crippen LogP contribution is 2.31. The zero-order valence-corrected chi connectivity index (χ0v) is 13.0. The van der Waals surface area contributed by atoms with Crippen LogP contribution in [0.3, 0.4) is 0 Å². The van der Waals surface area contributed by atoms with Crippen molar-refractivity contribution in [1.29, 1.82) is 0 Å². The number of aromatic nitrogens is 1. The van der Waals surface area contributed by atoms with Crippen molar-refractivity contribution in [2.75, 3.05) is 25.0 Å². The van der Waals surface area contributed by atoms with E-state index in [2.05, 4.69) is 31.1 Å². The van der Waals surface area contributed by atoms with Crippen molar-refractivity contribution in [2.45, 2.75) is 31.7 Å². The van der Waals surface area contributed by atoms with E-state index in [9.17, 15) is 0 Å². The van der Waals surface area contributed by atoms with Crippen molar-refractivity contribution in [3.05, 3.63) is 21.8 Å². The molecule has 1 saturated heterocycles. The molecule has 5 heteroatoms. The highest BCUT2D eigenvalue weighted by molar-refractivity contribution is 9.10. The molecule has 1 atom stereocenters. The third-order valence-corrected chi connectivity index (χ3v) is 4.13. The maximum Gasteiger partial charge on any atom is 0.147 e. The number of nitrogens with zero attached hydrogens (tertiary/aromatic N) is 2. The van der Waals surface area contributed by atoms with E-state index < -0.39 is 0 Å². The van der Waals surface area contributed by atoms with Crippen LogP contribution in [0.25, 0.3) is 0 Å². The van der Waals surface area contributed by atoms with Gasteiger partial charge in [0.1, 0.15) is 5.82 Å². The zero-order chi connectivity index (χ0) is 13.0. The van der Waals surface area contributed by atoms with Crippen molar-refractivity contribution in [2.24, 2.45) is 0 Å². The van der Waals surface area contributed by atoms with Crippen LogP contribution in [0.1, 0.15) is 25.7 Å². The fourth-order valence-corrected chi connectivity index (χ4v) is 3.25. The van der Waals surface area contributed by atoms with Gasteiger partial charge in [-0.25, -0.2) is 4.98 Å². The van der Waals surface area contributed by atoms with E-state index in [1.165, 1.54) is 19.3 Å². The molecule has 100 valence electrons. The van der Waals surface area contributed by atoms with Crippen LogP contribution in [0, 0.1) is 0 Å². The van der Waals surface area contributed by atoms with Crippen molar-refractivity contribution >= 4 is 33.3 Å². The summed E-state index contributed by atoms with van der Waals surface area (Å²) >= 11 is 9.71. The van der Waals surface area contributed by atoms with Gasteiger partial charge in [-0.05, 0) is 61.3 Å². The Bertz CT molecular complexity index is 400. The number of nitrogens with one attached hydrogen (secondary N) is 1. The largest absolute Gasteiger partial charge is 0.352 e. The van der Waals surface area contributed by atoms with E-state index >= 15 is 0 Å². The molecule has 0 radical (unpaired) electrons. The van der Waals surface area contributed by atoms with E-state index in [1.54, 1.807) is 0 Å². The first-order chi connectivity index (χ1) is 8.72. The Kier molecular flexibility index (Phi) is 5.27. The highest BCUT2D eigenvalue weighted by atomic mass is 79.9. The first kappa shape index (κ1) is 14.1. The molecule has 0 bridgehead atoms. The second kappa shape index (κ2) is 6.73. The number of piperidine rings is 1. The number of hydrogen-bond donors (Lipinski definition) is 1. The smallest absolute Gasteiger partial charge is 0.147 e. The molecule has 18 heavy (non-hydrogen) atoms. The Morgan fingerprint density at radius 3 is 3.11 bits per heavy atom. The minimum atomic E-state index is 0.553. The second-order valence-corrected chi connectivity index (χ2v) is 6.02. The first-order valence-electron chi connectivity index (χ1n) is 6.44. The maximum atomic E-state index is 6.31. The Labute approximate surface area is 122 Å². The SMILES string of the molecule is CNCCC1CCCCN1c1ncc(Br)cc1Cl. The summed E-state index contributed by atoms with van der Waals surface area (Å²) in [5, 5.41) is 3.96. The molecule has 1 aliphatic rings. The van der Waals surface area contributed by atoms with Crippen LogP contribution in [0.2, 0.25) is 5.02 Å². The Morgan fingerprint density at radius 1 is 1.56 bits per heavy atom. The molecule has 2 heterocycles. The normalized spacial score (nSPS) is 20.2. The summed E-state index contributed by atoms with van der Waals surface area (Å²) in [5.41, 5.74) is 0. The summed E-state index contributed by atoms with van der Waals surface area (Å²) in [6.45, 7) is 2.10.